The van der Waals surface area contributed by atoms with E-state index >= 15 is 0 Å². The molecule has 2 amide bonds. The van der Waals surface area contributed by atoms with Gasteiger partial charge in [-0.05, 0) is 32.4 Å². The number of hydrogen-bond donors (Lipinski definition) is 2. The van der Waals surface area contributed by atoms with Crippen LogP contribution in [0, 0.1) is 0 Å². The van der Waals surface area contributed by atoms with Gasteiger partial charge in [-0.1, -0.05) is 18.2 Å². The molecule has 0 spiro atoms. The molecule has 1 atom stereocenters. The van der Waals surface area contributed by atoms with E-state index in [1.54, 1.807) is 4.90 Å². The molecule has 2 aliphatic rings. The molecule has 0 aromatic heterocycles. The summed E-state index contributed by atoms with van der Waals surface area (Å²) in [5, 5.41) is 6.06. The van der Waals surface area contributed by atoms with Gasteiger partial charge in [0.2, 0.25) is 5.91 Å². The molecule has 0 radical (unpaired) electrons. The maximum absolute atomic E-state index is 12.5. The van der Waals surface area contributed by atoms with Crippen molar-refractivity contribution in [3.05, 3.63) is 29.8 Å². The molecule has 0 aliphatic carbocycles. The predicted octanol–water partition coefficient (Wildman–Crippen LogP) is 1.76. The summed E-state index contributed by atoms with van der Waals surface area (Å²) in [5.74, 6) is 0.0865. The normalized spacial score (nSPS) is 20.3. The summed E-state index contributed by atoms with van der Waals surface area (Å²) in [4.78, 5) is 25.9. The van der Waals surface area contributed by atoms with Crippen molar-refractivity contribution in [1.29, 1.82) is 0 Å². The second-order valence-electron chi connectivity index (χ2n) is 7.14. The average Bonchev–Trinajstić information content (AvgIpc) is 2.83. The highest BCUT2D eigenvalue weighted by atomic mass is 16.6. The molecule has 1 aromatic rings. The molecular weight excluding hydrogens is 294 g/mol. The van der Waals surface area contributed by atoms with Crippen LogP contribution in [0.1, 0.15) is 26.3 Å². The minimum Gasteiger partial charge on any atom is -0.444 e. The third-order valence-corrected chi connectivity index (χ3v) is 3.98. The Balaban J connectivity index is 1.45. The molecule has 0 saturated carbocycles. The van der Waals surface area contributed by atoms with Crippen molar-refractivity contribution in [2.24, 2.45) is 0 Å². The van der Waals surface area contributed by atoms with Gasteiger partial charge in [-0.15, -0.1) is 0 Å². The molecule has 1 fully saturated rings. The number of alkyl carbamates (subject to hydrolysis) is 1. The summed E-state index contributed by atoms with van der Waals surface area (Å²) in [5.41, 5.74) is 1.70. The summed E-state index contributed by atoms with van der Waals surface area (Å²) in [6, 6.07) is 7.75. The Morgan fingerprint density at radius 2 is 1.96 bits per heavy atom. The van der Waals surface area contributed by atoms with Gasteiger partial charge in [-0.25, -0.2) is 4.79 Å². The molecule has 2 heterocycles. The van der Waals surface area contributed by atoms with E-state index in [-0.39, 0.29) is 18.0 Å². The highest BCUT2D eigenvalue weighted by Gasteiger charge is 2.37. The molecule has 0 bridgehead atoms. The van der Waals surface area contributed by atoms with Gasteiger partial charge in [0, 0.05) is 25.2 Å². The largest absolute Gasteiger partial charge is 0.444 e. The van der Waals surface area contributed by atoms with Gasteiger partial charge in [0.05, 0.1) is 6.04 Å². The summed E-state index contributed by atoms with van der Waals surface area (Å²) >= 11 is 0. The Hall–Kier alpha value is -2.24. The number of ether oxygens (including phenoxy) is 1. The van der Waals surface area contributed by atoms with Crippen molar-refractivity contribution < 1.29 is 14.3 Å². The zero-order valence-corrected chi connectivity index (χ0v) is 13.8. The Bertz CT molecular complexity index is 593. The molecule has 1 saturated heterocycles. The second-order valence-corrected chi connectivity index (χ2v) is 7.14. The van der Waals surface area contributed by atoms with E-state index in [1.807, 2.05) is 45.0 Å². The molecule has 6 heteroatoms. The molecule has 1 unspecified atom stereocenters. The summed E-state index contributed by atoms with van der Waals surface area (Å²) in [7, 11) is 0. The molecule has 23 heavy (non-hydrogen) atoms. The fraction of sp³-hybridized carbons (Fsp3) is 0.529. The lowest BCUT2D eigenvalue weighted by molar-refractivity contribution is -0.136. The van der Waals surface area contributed by atoms with E-state index in [4.69, 9.17) is 4.74 Å². The molecule has 124 valence electrons. The van der Waals surface area contributed by atoms with Crippen molar-refractivity contribution in [1.82, 2.24) is 10.2 Å². The second kappa shape index (κ2) is 5.76. The minimum absolute atomic E-state index is 0.0300. The summed E-state index contributed by atoms with van der Waals surface area (Å²) < 4.78 is 5.22. The summed E-state index contributed by atoms with van der Waals surface area (Å²) in [6.07, 6.45) is 0.288. The fourth-order valence-electron chi connectivity index (χ4n) is 2.89. The average molecular weight is 317 g/mol. The molecule has 1 aromatic carbocycles. The zero-order chi connectivity index (χ0) is 16.6. The van der Waals surface area contributed by atoms with Crippen molar-refractivity contribution in [2.45, 2.75) is 44.9 Å². The van der Waals surface area contributed by atoms with Crippen molar-refractivity contribution in [3.8, 4) is 0 Å². The van der Waals surface area contributed by atoms with E-state index in [0.717, 1.165) is 12.1 Å². The lowest BCUT2D eigenvalue weighted by Crippen LogP contribution is -2.63. The number of nitrogens with one attached hydrogen (secondary N) is 2. The maximum atomic E-state index is 12.5. The number of anilines is 1. The van der Waals surface area contributed by atoms with E-state index in [0.29, 0.717) is 13.1 Å². The van der Waals surface area contributed by atoms with Crippen LogP contribution in [-0.2, 0) is 16.0 Å². The Kier molecular flexibility index (Phi) is 3.92. The Labute approximate surface area is 136 Å². The zero-order valence-electron chi connectivity index (χ0n) is 13.8. The van der Waals surface area contributed by atoms with Crippen LogP contribution >= 0.6 is 0 Å². The number of benzene rings is 1. The highest BCUT2D eigenvalue weighted by Crippen LogP contribution is 2.27. The number of amides is 2. The van der Waals surface area contributed by atoms with Crippen molar-refractivity contribution in [3.63, 3.8) is 0 Å². The van der Waals surface area contributed by atoms with Crippen LogP contribution in [0.15, 0.2) is 24.3 Å². The lowest BCUT2D eigenvalue weighted by Gasteiger charge is -2.40. The van der Waals surface area contributed by atoms with Gasteiger partial charge in [0.1, 0.15) is 11.6 Å². The lowest BCUT2D eigenvalue weighted by atomic mass is 10.0. The van der Waals surface area contributed by atoms with Crippen molar-refractivity contribution in [2.75, 3.05) is 18.4 Å². The Morgan fingerprint density at radius 3 is 2.61 bits per heavy atom. The van der Waals surface area contributed by atoms with Gasteiger partial charge in [0.15, 0.2) is 0 Å². The first-order valence-corrected chi connectivity index (χ1v) is 7.94. The molecular formula is C17H23N3O3. The number of para-hydroxylation sites is 1. The van der Waals surface area contributed by atoms with Crippen molar-refractivity contribution >= 4 is 17.7 Å². The quantitative estimate of drug-likeness (QED) is 0.872. The molecule has 6 nitrogen and oxygen atoms in total. The third-order valence-electron chi connectivity index (χ3n) is 3.98. The number of fused-ring (bicyclic) bond motifs is 1. The van der Waals surface area contributed by atoms with Gasteiger partial charge in [-0.2, -0.15) is 0 Å². The van der Waals surface area contributed by atoms with Gasteiger partial charge in [-0.3, -0.25) is 4.79 Å². The highest BCUT2D eigenvalue weighted by molar-refractivity contribution is 5.88. The van der Waals surface area contributed by atoms with Gasteiger partial charge >= 0.3 is 6.09 Å². The first-order valence-electron chi connectivity index (χ1n) is 7.94. The van der Waals surface area contributed by atoms with Gasteiger partial charge in [0.25, 0.3) is 0 Å². The molecule has 2 aliphatic heterocycles. The van der Waals surface area contributed by atoms with Crippen LogP contribution < -0.4 is 10.6 Å². The Morgan fingerprint density at radius 1 is 1.26 bits per heavy atom. The third kappa shape index (κ3) is 3.57. The van der Waals surface area contributed by atoms with Gasteiger partial charge < -0.3 is 20.3 Å². The fourth-order valence-corrected chi connectivity index (χ4v) is 2.89. The van der Waals surface area contributed by atoms with E-state index < -0.39 is 11.7 Å². The minimum atomic E-state index is -0.511. The van der Waals surface area contributed by atoms with E-state index in [2.05, 4.69) is 10.6 Å². The van der Waals surface area contributed by atoms with Crippen LogP contribution in [0.4, 0.5) is 10.5 Å². The predicted molar refractivity (Wildman–Crippen MR) is 87.3 cm³/mol. The van der Waals surface area contributed by atoms with E-state index in [9.17, 15) is 9.59 Å². The first-order chi connectivity index (χ1) is 10.8. The van der Waals surface area contributed by atoms with Crippen LogP contribution in [0.3, 0.4) is 0 Å². The monoisotopic (exact) mass is 317 g/mol. The van der Waals surface area contributed by atoms with Crippen LogP contribution in [0.2, 0.25) is 0 Å². The standard InChI is InChI=1S/C17H23N3O3/c1-17(2,3)23-16(22)18-12-9-20(10-12)15(21)14-8-11-6-4-5-7-13(11)19-14/h4-7,12,14,19H,8-10H2,1-3H3,(H,18,22). The van der Waals surface area contributed by atoms with Crippen LogP contribution in [0.25, 0.3) is 0 Å². The van der Waals surface area contributed by atoms with E-state index in [1.165, 1.54) is 5.56 Å². The topological polar surface area (TPSA) is 70.7 Å². The number of rotatable bonds is 2. The molecule has 2 N–H and O–H groups in total. The number of carbonyl (C=O) groups is 2. The maximum Gasteiger partial charge on any atom is 0.407 e. The number of carbonyl (C=O) groups excluding carboxylic acids is 2. The SMILES string of the molecule is CC(C)(C)OC(=O)NC1CN(C(=O)C2Cc3ccccc3N2)C1. The number of likely N-dealkylation sites (tertiary alicyclic amines) is 1. The molecule has 3 rings (SSSR count). The van der Waals surface area contributed by atoms with Crippen LogP contribution in [0.5, 0.6) is 0 Å². The summed E-state index contributed by atoms with van der Waals surface area (Å²) in [6.45, 7) is 6.55. The number of hydrogen-bond acceptors (Lipinski definition) is 4. The van der Waals surface area contributed by atoms with Crippen LogP contribution in [-0.4, -0.2) is 47.7 Å². The smallest absolute Gasteiger partial charge is 0.407 e. The first kappa shape index (κ1) is 15.6. The number of nitrogens with zero attached hydrogens (tertiary/aromatic N) is 1.